The maximum atomic E-state index is 12.4. The van der Waals surface area contributed by atoms with E-state index < -0.39 is 0 Å². The van der Waals surface area contributed by atoms with Crippen LogP contribution in [0, 0.1) is 0 Å². The summed E-state index contributed by atoms with van der Waals surface area (Å²) in [6, 6.07) is 11.5. The second kappa shape index (κ2) is 5.35. The number of hydrogen-bond donors (Lipinski definition) is 1. The Morgan fingerprint density at radius 2 is 2.14 bits per heavy atom. The fraction of sp³-hybridized carbons (Fsp3) is 0. The molecule has 22 heavy (non-hydrogen) atoms. The molecule has 1 N–H and O–H groups in total. The van der Waals surface area contributed by atoms with Crippen LogP contribution in [0.15, 0.2) is 48.0 Å². The molecule has 4 aromatic rings. The molecule has 3 heterocycles. The van der Waals surface area contributed by atoms with E-state index in [0.29, 0.717) is 15.6 Å². The fourth-order valence-electron chi connectivity index (χ4n) is 2.28. The smallest absolute Gasteiger partial charge is 0.267 e. The number of pyridine rings is 1. The maximum absolute atomic E-state index is 12.4. The molecule has 4 rings (SSSR count). The molecular formula is C16H9ClN2OS2. The van der Waals surface area contributed by atoms with Gasteiger partial charge in [-0.2, -0.15) is 0 Å². The minimum Gasteiger partial charge on any atom is -0.321 e. The summed E-state index contributed by atoms with van der Waals surface area (Å²) in [4.78, 5) is 17.3. The van der Waals surface area contributed by atoms with Crippen LogP contribution in [-0.4, -0.2) is 10.9 Å². The molecule has 0 aliphatic rings. The van der Waals surface area contributed by atoms with Crippen LogP contribution in [0.1, 0.15) is 9.67 Å². The van der Waals surface area contributed by atoms with Crippen molar-refractivity contribution in [3.8, 4) is 0 Å². The molecule has 0 aliphatic heterocycles. The highest BCUT2D eigenvalue weighted by molar-refractivity contribution is 7.38. The van der Waals surface area contributed by atoms with Crippen molar-refractivity contribution >= 4 is 66.2 Å². The number of nitrogens with zero attached hydrogens (tertiary/aromatic N) is 1. The molecule has 1 amide bonds. The normalized spacial score (nSPS) is 11.1. The van der Waals surface area contributed by atoms with Gasteiger partial charge in [0.2, 0.25) is 0 Å². The lowest BCUT2D eigenvalue weighted by Crippen LogP contribution is -2.10. The van der Waals surface area contributed by atoms with Gasteiger partial charge >= 0.3 is 0 Å². The zero-order valence-corrected chi connectivity index (χ0v) is 13.6. The van der Waals surface area contributed by atoms with E-state index in [1.54, 1.807) is 17.5 Å². The van der Waals surface area contributed by atoms with Crippen molar-refractivity contribution in [1.82, 2.24) is 4.98 Å². The van der Waals surface area contributed by atoms with E-state index in [1.165, 1.54) is 11.3 Å². The number of nitrogens with one attached hydrogen (secondary N) is 1. The summed E-state index contributed by atoms with van der Waals surface area (Å²) in [5.74, 6) is -0.186. The lowest BCUT2D eigenvalue weighted by atomic mass is 10.2. The zero-order valence-electron chi connectivity index (χ0n) is 11.2. The summed E-state index contributed by atoms with van der Waals surface area (Å²) in [6.07, 6.45) is 1.73. The molecule has 0 saturated heterocycles. The van der Waals surface area contributed by atoms with Crippen molar-refractivity contribution in [3.63, 3.8) is 0 Å². The quantitative estimate of drug-likeness (QED) is 0.527. The Hall–Kier alpha value is -1.95. The molecule has 0 aliphatic carbocycles. The third-order valence-electron chi connectivity index (χ3n) is 3.33. The summed E-state index contributed by atoms with van der Waals surface area (Å²) >= 11 is 9.31. The molecule has 0 radical (unpaired) electrons. The first-order chi connectivity index (χ1) is 10.7. The maximum Gasteiger partial charge on any atom is 0.267 e. The number of carbonyl (C=O) groups is 1. The largest absolute Gasteiger partial charge is 0.321 e. The first kappa shape index (κ1) is 13.7. The number of benzene rings is 1. The number of carbonyl (C=O) groups excluding carboxylic acids is 1. The van der Waals surface area contributed by atoms with Crippen LogP contribution >= 0.6 is 34.3 Å². The topological polar surface area (TPSA) is 42.0 Å². The minimum absolute atomic E-state index is 0.186. The van der Waals surface area contributed by atoms with Crippen LogP contribution in [0.3, 0.4) is 0 Å². The molecule has 3 aromatic heterocycles. The molecule has 0 bridgehead atoms. The molecule has 0 fully saturated rings. The molecule has 0 unspecified atom stereocenters. The fourth-order valence-corrected chi connectivity index (χ4v) is 4.79. The third-order valence-corrected chi connectivity index (χ3v) is 6.08. The lowest BCUT2D eigenvalue weighted by Gasteiger charge is -2.05. The predicted octanol–water partition coefficient (Wildman–Crippen LogP) is 5.42. The van der Waals surface area contributed by atoms with E-state index in [-0.39, 0.29) is 5.91 Å². The first-order valence-electron chi connectivity index (χ1n) is 6.54. The average Bonchev–Trinajstić information content (AvgIpc) is 3.10. The van der Waals surface area contributed by atoms with Gasteiger partial charge in [-0.1, -0.05) is 23.7 Å². The van der Waals surface area contributed by atoms with Crippen molar-refractivity contribution in [2.75, 3.05) is 5.32 Å². The molecule has 6 heteroatoms. The van der Waals surface area contributed by atoms with Gasteiger partial charge in [-0.15, -0.1) is 22.7 Å². The zero-order chi connectivity index (χ0) is 15.1. The Bertz CT molecular complexity index is 1010. The van der Waals surface area contributed by atoms with Gasteiger partial charge in [0, 0.05) is 22.7 Å². The van der Waals surface area contributed by atoms with Crippen LogP contribution in [0.2, 0.25) is 5.02 Å². The van der Waals surface area contributed by atoms with E-state index >= 15 is 0 Å². The molecule has 0 saturated carbocycles. The van der Waals surface area contributed by atoms with E-state index in [1.807, 2.05) is 41.8 Å². The molecule has 0 spiro atoms. The Kier molecular flexibility index (Phi) is 3.33. The summed E-state index contributed by atoms with van der Waals surface area (Å²) in [7, 11) is 0. The van der Waals surface area contributed by atoms with Gasteiger partial charge in [0.15, 0.2) is 0 Å². The number of hydrogen-bond acceptors (Lipinski definition) is 4. The van der Waals surface area contributed by atoms with E-state index in [2.05, 4.69) is 10.3 Å². The molecule has 3 nitrogen and oxygen atoms in total. The summed E-state index contributed by atoms with van der Waals surface area (Å²) in [5.41, 5.74) is 1.56. The predicted molar refractivity (Wildman–Crippen MR) is 94.4 cm³/mol. The average molecular weight is 345 g/mol. The highest BCUT2D eigenvalue weighted by Crippen LogP contribution is 2.38. The number of thiophene rings is 2. The van der Waals surface area contributed by atoms with Gasteiger partial charge in [-0.3, -0.25) is 9.78 Å². The summed E-state index contributed by atoms with van der Waals surface area (Å²) in [6.45, 7) is 0. The van der Waals surface area contributed by atoms with Gasteiger partial charge in [0.05, 0.1) is 14.6 Å². The van der Waals surface area contributed by atoms with Crippen molar-refractivity contribution in [2.45, 2.75) is 0 Å². The van der Waals surface area contributed by atoms with Crippen LogP contribution in [0.25, 0.3) is 20.3 Å². The minimum atomic E-state index is -0.186. The Labute approximate surface area is 139 Å². The van der Waals surface area contributed by atoms with Crippen molar-refractivity contribution in [1.29, 1.82) is 0 Å². The number of halogens is 1. The van der Waals surface area contributed by atoms with E-state index in [0.717, 1.165) is 20.3 Å². The monoisotopic (exact) mass is 344 g/mol. The van der Waals surface area contributed by atoms with Crippen molar-refractivity contribution < 1.29 is 4.79 Å². The Morgan fingerprint density at radius 3 is 3.00 bits per heavy atom. The van der Waals surface area contributed by atoms with Crippen molar-refractivity contribution in [3.05, 3.63) is 57.9 Å². The second-order valence-corrected chi connectivity index (χ2v) is 7.31. The van der Waals surface area contributed by atoms with E-state index in [4.69, 9.17) is 11.6 Å². The molecule has 1 aromatic carbocycles. The van der Waals surface area contributed by atoms with E-state index in [9.17, 15) is 4.79 Å². The van der Waals surface area contributed by atoms with Crippen LogP contribution in [0.5, 0.6) is 0 Å². The number of fused-ring (bicyclic) bond motifs is 2. The molecule has 108 valence electrons. The van der Waals surface area contributed by atoms with Gasteiger partial charge in [-0.05, 0) is 29.6 Å². The Morgan fingerprint density at radius 1 is 1.23 bits per heavy atom. The number of anilines is 1. The lowest BCUT2D eigenvalue weighted by molar-refractivity contribution is 0.103. The van der Waals surface area contributed by atoms with Crippen LogP contribution < -0.4 is 5.32 Å². The summed E-state index contributed by atoms with van der Waals surface area (Å²) < 4.78 is 1.07. The highest BCUT2D eigenvalue weighted by atomic mass is 35.5. The molecular weight excluding hydrogens is 336 g/mol. The second-order valence-electron chi connectivity index (χ2n) is 4.73. The Balaban J connectivity index is 1.67. The van der Waals surface area contributed by atoms with Gasteiger partial charge < -0.3 is 5.32 Å². The van der Waals surface area contributed by atoms with Gasteiger partial charge in [-0.25, -0.2) is 0 Å². The SMILES string of the molecule is O=C(Nc1ccc2cccnc2c1)c1sc2sccc2c1Cl. The number of rotatable bonds is 2. The standard InChI is InChI=1S/C16H9ClN2OS2/c17-13-11-5-7-21-16(11)22-14(13)15(20)19-10-4-3-9-2-1-6-18-12(9)8-10/h1-8H,(H,19,20). The van der Waals surface area contributed by atoms with Crippen molar-refractivity contribution in [2.24, 2.45) is 0 Å². The highest BCUT2D eigenvalue weighted by Gasteiger charge is 2.18. The van der Waals surface area contributed by atoms with Gasteiger partial charge in [0.25, 0.3) is 5.91 Å². The van der Waals surface area contributed by atoms with Crippen LogP contribution in [-0.2, 0) is 0 Å². The molecule has 0 atom stereocenters. The number of amides is 1. The number of aromatic nitrogens is 1. The van der Waals surface area contributed by atoms with Gasteiger partial charge in [0.1, 0.15) is 4.88 Å². The third kappa shape index (κ3) is 2.27. The summed E-state index contributed by atoms with van der Waals surface area (Å²) in [5, 5.41) is 7.38. The first-order valence-corrected chi connectivity index (χ1v) is 8.61. The van der Waals surface area contributed by atoms with Crippen LogP contribution in [0.4, 0.5) is 5.69 Å².